The Hall–Kier alpha value is -0.530. The van der Waals surface area contributed by atoms with Crippen molar-refractivity contribution in [2.45, 2.75) is 35.4 Å². The van der Waals surface area contributed by atoms with Gasteiger partial charge in [-0.15, -0.1) is 0 Å². The first-order valence-corrected chi connectivity index (χ1v) is 8.49. The molecule has 21 heavy (non-hydrogen) atoms. The van der Waals surface area contributed by atoms with Crippen LogP contribution in [0.4, 0.5) is 0 Å². The minimum absolute atomic E-state index is 0. The van der Waals surface area contributed by atoms with Crippen molar-refractivity contribution in [1.29, 1.82) is 0 Å². The van der Waals surface area contributed by atoms with Gasteiger partial charge in [0.1, 0.15) is 5.75 Å². The van der Waals surface area contributed by atoms with Crippen LogP contribution in [0.3, 0.4) is 0 Å². The molecule has 1 aromatic carbocycles. The Balaban J connectivity index is 0.00000161. The number of aromatic hydroxyl groups is 1. The summed E-state index contributed by atoms with van der Waals surface area (Å²) in [6.45, 7) is 0. The summed E-state index contributed by atoms with van der Waals surface area (Å²) in [7, 11) is 0. The number of hydrogen-bond acceptors (Lipinski definition) is 5. The van der Waals surface area contributed by atoms with Crippen LogP contribution in [-0.4, -0.2) is 32.6 Å². The van der Waals surface area contributed by atoms with E-state index in [0.29, 0.717) is 21.7 Å². The van der Waals surface area contributed by atoms with E-state index in [1.807, 2.05) is 12.1 Å². The van der Waals surface area contributed by atoms with Crippen LogP contribution in [0.1, 0.15) is 24.8 Å². The van der Waals surface area contributed by atoms with E-state index in [1.165, 1.54) is 12.8 Å². The van der Waals surface area contributed by atoms with Crippen LogP contribution in [0.2, 0.25) is 0 Å². The standard InChI is InChI=1S/C14H16BrN3OS.BrH/c15-10-5-3-6-11-13(10)20-14(17-11)18-16-8-9-4-1-2-7-12(9)19;/h1-2,4,7-8,10-11,13,19H,3,5-6H2,(H,17,18);1H/p-1/b16-8+;. The summed E-state index contributed by atoms with van der Waals surface area (Å²) in [4.78, 5) is 5.21. The molecule has 3 atom stereocenters. The summed E-state index contributed by atoms with van der Waals surface area (Å²) in [5, 5.41) is 15.2. The van der Waals surface area contributed by atoms with Crippen molar-refractivity contribution in [3.8, 4) is 5.75 Å². The molecule has 0 amide bonds. The van der Waals surface area contributed by atoms with Gasteiger partial charge < -0.3 is 22.1 Å². The monoisotopic (exact) mass is 432 g/mol. The maximum absolute atomic E-state index is 9.65. The molecule has 3 rings (SSSR count). The highest BCUT2D eigenvalue weighted by Crippen LogP contribution is 2.39. The molecule has 0 spiro atoms. The lowest BCUT2D eigenvalue weighted by atomic mass is 9.95. The number of nitrogens with one attached hydrogen (secondary N) is 1. The first-order chi connectivity index (χ1) is 9.74. The number of thioether (sulfide) groups is 1. The zero-order valence-corrected chi connectivity index (χ0v) is 15.2. The number of hydrazone groups is 1. The van der Waals surface area contributed by atoms with Gasteiger partial charge in [0.2, 0.25) is 0 Å². The predicted octanol–water partition coefficient (Wildman–Crippen LogP) is 0.107. The van der Waals surface area contributed by atoms with Crippen molar-refractivity contribution in [3.05, 3.63) is 29.8 Å². The van der Waals surface area contributed by atoms with Gasteiger partial charge in [-0.25, -0.2) is 0 Å². The quantitative estimate of drug-likeness (QED) is 0.395. The molecule has 1 fully saturated rings. The van der Waals surface area contributed by atoms with Crippen LogP contribution in [0, 0.1) is 0 Å². The van der Waals surface area contributed by atoms with Gasteiger partial charge in [-0.3, -0.25) is 10.4 Å². The van der Waals surface area contributed by atoms with Crippen LogP contribution in [-0.2, 0) is 0 Å². The Bertz CT molecular complexity index is 553. The van der Waals surface area contributed by atoms with Gasteiger partial charge in [0, 0.05) is 15.6 Å². The van der Waals surface area contributed by atoms with E-state index in [2.05, 4.69) is 31.4 Å². The molecule has 0 saturated heterocycles. The number of aliphatic imine (C=N–C) groups is 1. The zero-order valence-electron chi connectivity index (χ0n) is 11.2. The average molecular weight is 434 g/mol. The van der Waals surface area contributed by atoms with E-state index >= 15 is 0 Å². The number of halogens is 2. The number of fused-ring (bicyclic) bond motifs is 1. The summed E-state index contributed by atoms with van der Waals surface area (Å²) >= 11 is 5.50. The number of hydrogen-bond donors (Lipinski definition) is 2. The zero-order chi connectivity index (χ0) is 13.9. The smallest absolute Gasteiger partial charge is 0.177 e. The van der Waals surface area contributed by atoms with E-state index in [0.717, 1.165) is 11.6 Å². The average Bonchev–Trinajstić information content (AvgIpc) is 2.85. The van der Waals surface area contributed by atoms with Crippen molar-refractivity contribution in [2.24, 2.45) is 10.1 Å². The number of phenolic OH excluding ortho intramolecular Hbond substituents is 1. The molecular formula is C14H16Br2N3OS-. The van der Waals surface area contributed by atoms with Crippen LogP contribution in [0.25, 0.3) is 0 Å². The lowest BCUT2D eigenvalue weighted by molar-refractivity contribution is -0.00000491. The molecule has 1 aromatic rings. The molecular weight excluding hydrogens is 418 g/mol. The lowest BCUT2D eigenvalue weighted by Gasteiger charge is -2.27. The highest BCUT2D eigenvalue weighted by Gasteiger charge is 2.37. The molecule has 1 saturated carbocycles. The van der Waals surface area contributed by atoms with Crippen LogP contribution < -0.4 is 22.4 Å². The molecule has 1 aliphatic heterocycles. The fraction of sp³-hybridized carbons (Fsp3) is 0.429. The number of phenols is 1. The minimum atomic E-state index is 0. The first-order valence-electron chi connectivity index (χ1n) is 6.69. The normalized spacial score (nSPS) is 27.9. The number of rotatable bonds is 2. The maximum Gasteiger partial charge on any atom is 0.177 e. The molecule has 2 aliphatic rings. The fourth-order valence-electron chi connectivity index (χ4n) is 2.50. The molecule has 0 aromatic heterocycles. The molecule has 2 N–H and O–H groups in total. The summed E-state index contributed by atoms with van der Waals surface area (Å²) in [6, 6.07) is 7.53. The van der Waals surface area contributed by atoms with Crippen LogP contribution in [0.15, 0.2) is 34.4 Å². The molecule has 0 bridgehead atoms. The number of para-hydroxylation sites is 1. The lowest BCUT2D eigenvalue weighted by Crippen LogP contribution is -3.00. The van der Waals surface area contributed by atoms with Crippen LogP contribution in [0.5, 0.6) is 5.75 Å². The Morgan fingerprint density at radius 3 is 2.95 bits per heavy atom. The maximum atomic E-state index is 9.65. The third-order valence-corrected chi connectivity index (χ3v) is 6.26. The molecule has 7 heteroatoms. The van der Waals surface area contributed by atoms with Gasteiger partial charge in [-0.2, -0.15) is 5.10 Å². The number of benzene rings is 1. The van der Waals surface area contributed by atoms with Crippen LogP contribution >= 0.6 is 27.7 Å². The van der Waals surface area contributed by atoms with Crippen molar-refractivity contribution >= 4 is 39.1 Å². The largest absolute Gasteiger partial charge is 1.00 e. The number of amidine groups is 1. The minimum Gasteiger partial charge on any atom is -1.00 e. The van der Waals surface area contributed by atoms with E-state index in [9.17, 15) is 5.11 Å². The number of nitrogens with zero attached hydrogens (tertiary/aromatic N) is 2. The van der Waals surface area contributed by atoms with E-state index < -0.39 is 0 Å². The molecule has 4 nitrogen and oxygen atoms in total. The van der Waals surface area contributed by atoms with E-state index in [-0.39, 0.29) is 22.7 Å². The van der Waals surface area contributed by atoms with Gasteiger partial charge in [-0.05, 0) is 25.0 Å². The second-order valence-corrected chi connectivity index (χ2v) is 7.30. The molecule has 3 unspecified atom stereocenters. The van der Waals surface area contributed by atoms with Gasteiger partial charge in [0.25, 0.3) is 0 Å². The van der Waals surface area contributed by atoms with E-state index in [4.69, 9.17) is 0 Å². The molecule has 1 aliphatic carbocycles. The summed E-state index contributed by atoms with van der Waals surface area (Å²) < 4.78 is 0. The Kier molecular flexibility index (Phi) is 6.13. The Morgan fingerprint density at radius 2 is 2.19 bits per heavy atom. The fourth-order valence-corrected chi connectivity index (χ4v) is 4.70. The van der Waals surface area contributed by atoms with Crippen molar-refractivity contribution in [1.82, 2.24) is 5.43 Å². The second-order valence-electron chi connectivity index (χ2n) is 4.96. The molecule has 114 valence electrons. The van der Waals surface area contributed by atoms with Crippen molar-refractivity contribution < 1.29 is 22.1 Å². The van der Waals surface area contributed by atoms with Gasteiger partial charge >= 0.3 is 0 Å². The second kappa shape index (κ2) is 7.65. The topological polar surface area (TPSA) is 57.0 Å². The van der Waals surface area contributed by atoms with Gasteiger partial charge in [-0.1, -0.05) is 46.2 Å². The summed E-state index contributed by atoms with van der Waals surface area (Å²) in [5.74, 6) is 0.230. The highest BCUT2D eigenvalue weighted by atomic mass is 79.9. The van der Waals surface area contributed by atoms with Gasteiger partial charge in [0.15, 0.2) is 5.17 Å². The van der Waals surface area contributed by atoms with E-state index in [1.54, 1.807) is 30.1 Å². The Morgan fingerprint density at radius 1 is 1.38 bits per heavy atom. The third-order valence-electron chi connectivity index (χ3n) is 3.55. The first kappa shape index (κ1) is 16.8. The predicted molar refractivity (Wildman–Crippen MR) is 88.0 cm³/mol. The molecule has 0 radical (unpaired) electrons. The SMILES string of the molecule is Oc1ccccc1/C=N/NC1=NC2CCCC(Br)C2S1.[Br-]. The number of alkyl halides is 1. The Labute approximate surface area is 147 Å². The van der Waals surface area contributed by atoms with Crippen molar-refractivity contribution in [3.63, 3.8) is 0 Å². The highest BCUT2D eigenvalue weighted by molar-refractivity contribution is 9.09. The third kappa shape index (κ3) is 4.02. The van der Waals surface area contributed by atoms with Gasteiger partial charge in [0.05, 0.1) is 12.3 Å². The molecule has 1 heterocycles. The summed E-state index contributed by atoms with van der Waals surface area (Å²) in [5.41, 5.74) is 3.68. The summed E-state index contributed by atoms with van der Waals surface area (Å²) in [6.07, 6.45) is 5.23. The van der Waals surface area contributed by atoms with Crippen molar-refractivity contribution in [2.75, 3.05) is 0 Å².